The number of hydrogen-bond acceptors (Lipinski definition) is 6. The molecule has 1 amide bonds. The second-order valence-electron chi connectivity index (χ2n) is 5.71. The van der Waals surface area contributed by atoms with E-state index in [4.69, 9.17) is 30.3 Å². The number of carboxylic acids is 2. The van der Waals surface area contributed by atoms with Gasteiger partial charge in [0.2, 0.25) is 0 Å². The summed E-state index contributed by atoms with van der Waals surface area (Å²) in [6.45, 7) is 10.5. The van der Waals surface area contributed by atoms with E-state index in [1.165, 1.54) is 0 Å². The standard InChI is InChI=1S/C11H23N3O2.C2H2O4/c1-11(2,3)16-10(15)14-8-6-13(5-4-12)7-9-14;3-1(4)2(5)6/h4-9,12H2,1-3H3;(H,3,4)(H,5,6). The zero-order valence-corrected chi connectivity index (χ0v) is 13.2. The highest BCUT2D eigenvalue weighted by atomic mass is 16.6. The molecule has 1 fully saturated rings. The summed E-state index contributed by atoms with van der Waals surface area (Å²) in [5.74, 6) is -3.65. The Bertz CT molecular complexity index is 374. The molecule has 0 aliphatic carbocycles. The number of nitrogens with zero attached hydrogens (tertiary/aromatic N) is 2. The van der Waals surface area contributed by atoms with E-state index in [1.807, 2.05) is 20.8 Å². The van der Waals surface area contributed by atoms with Gasteiger partial charge >= 0.3 is 18.0 Å². The van der Waals surface area contributed by atoms with Crippen molar-refractivity contribution < 1.29 is 29.3 Å². The van der Waals surface area contributed by atoms with Crippen molar-refractivity contribution in [1.29, 1.82) is 0 Å². The maximum Gasteiger partial charge on any atom is 0.414 e. The lowest BCUT2D eigenvalue weighted by atomic mass is 10.2. The molecule has 22 heavy (non-hydrogen) atoms. The van der Waals surface area contributed by atoms with Crippen LogP contribution in [0.3, 0.4) is 0 Å². The van der Waals surface area contributed by atoms with Crippen LogP contribution in [0.5, 0.6) is 0 Å². The van der Waals surface area contributed by atoms with Gasteiger partial charge in [0.05, 0.1) is 0 Å². The number of hydrogen-bond donors (Lipinski definition) is 3. The quantitative estimate of drug-likeness (QED) is 0.588. The summed E-state index contributed by atoms with van der Waals surface area (Å²) in [6, 6.07) is 0. The summed E-state index contributed by atoms with van der Waals surface area (Å²) in [4.78, 5) is 34.0. The lowest BCUT2D eigenvalue weighted by Gasteiger charge is -2.35. The Morgan fingerprint density at radius 2 is 1.50 bits per heavy atom. The summed E-state index contributed by atoms with van der Waals surface area (Å²) in [5.41, 5.74) is 5.08. The number of rotatable bonds is 2. The van der Waals surface area contributed by atoms with Gasteiger partial charge in [0.1, 0.15) is 5.60 Å². The summed E-state index contributed by atoms with van der Waals surface area (Å²) < 4.78 is 5.32. The van der Waals surface area contributed by atoms with Gasteiger partial charge in [0.25, 0.3) is 0 Å². The normalized spacial score (nSPS) is 15.5. The third-order valence-electron chi connectivity index (χ3n) is 2.65. The van der Waals surface area contributed by atoms with E-state index in [0.29, 0.717) is 6.54 Å². The molecule has 1 rings (SSSR count). The van der Waals surface area contributed by atoms with Gasteiger partial charge in [0, 0.05) is 39.3 Å². The van der Waals surface area contributed by atoms with Gasteiger partial charge in [-0.2, -0.15) is 0 Å². The van der Waals surface area contributed by atoms with Gasteiger partial charge < -0.3 is 25.6 Å². The third-order valence-corrected chi connectivity index (χ3v) is 2.65. The third kappa shape index (κ3) is 9.14. The van der Waals surface area contributed by atoms with E-state index >= 15 is 0 Å². The minimum absolute atomic E-state index is 0.208. The first-order chi connectivity index (χ1) is 10.1. The lowest BCUT2D eigenvalue weighted by Crippen LogP contribution is -2.50. The molecule has 0 bridgehead atoms. The minimum atomic E-state index is -1.82. The van der Waals surface area contributed by atoms with E-state index in [9.17, 15) is 4.79 Å². The van der Waals surface area contributed by atoms with E-state index < -0.39 is 17.5 Å². The van der Waals surface area contributed by atoms with Gasteiger partial charge in [-0.3, -0.25) is 4.90 Å². The highest BCUT2D eigenvalue weighted by Crippen LogP contribution is 2.11. The Hall–Kier alpha value is -1.87. The monoisotopic (exact) mass is 319 g/mol. The Kier molecular flexibility index (Phi) is 8.43. The molecule has 0 radical (unpaired) electrons. The largest absolute Gasteiger partial charge is 0.473 e. The van der Waals surface area contributed by atoms with Crippen molar-refractivity contribution >= 4 is 18.0 Å². The number of carboxylic acid groups (broad SMARTS) is 2. The number of ether oxygens (including phenoxy) is 1. The molecule has 1 aliphatic rings. The van der Waals surface area contributed by atoms with Crippen molar-refractivity contribution in [1.82, 2.24) is 9.80 Å². The van der Waals surface area contributed by atoms with Crippen molar-refractivity contribution in [3.63, 3.8) is 0 Å². The highest BCUT2D eigenvalue weighted by molar-refractivity contribution is 6.27. The number of aliphatic carboxylic acids is 2. The summed E-state index contributed by atoms with van der Waals surface area (Å²) >= 11 is 0. The van der Waals surface area contributed by atoms with Crippen molar-refractivity contribution in [2.75, 3.05) is 39.3 Å². The number of piperazine rings is 1. The highest BCUT2D eigenvalue weighted by Gasteiger charge is 2.25. The van der Waals surface area contributed by atoms with Gasteiger partial charge in [-0.05, 0) is 20.8 Å². The summed E-state index contributed by atoms with van der Waals surface area (Å²) in [7, 11) is 0. The fourth-order valence-electron chi connectivity index (χ4n) is 1.66. The minimum Gasteiger partial charge on any atom is -0.473 e. The van der Waals surface area contributed by atoms with E-state index in [0.717, 1.165) is 32.7 Å². The Morgan fingerprint density at radius 3 is 1.82 bits per heavy atom. The second kappa shape index (κ2) is 9.21. The molecule has 1 aliphatic heterocycles. The van der Waals surface area contributed by atoms with Gasteiger partial charge in [0.15, 0.2) is 0 Å². The molecule has 0 unspecified atom stereocenters. The molecule has 0 saturated carbocycles. The smallest absolute Gasteiger partial charge is 0.414 e. The number of carbonyl (C=O) groups excluding carboxylic acids is 1. The second-order valence-corrected chi connectivity index (χ2v) is 5.71. The van der Waals surface area contributed by atoms with Crippen molar-refractivity contribution in [2.45, 2.75) is 26.4 Å². The predicted octanol–water partition coefficient (Wildman–Crippen LogP) is -0.347. The van der Waals surface area contributed by atoms with Crippen LogP contribution in [0, 0.1) is 0 Å². The van der Waals surface area contributed by atoms with Crippen LogP contribution in [0.1, 0.15) is 20.8 Å². The average molecular weight is 319 g/mol. The zero-order chi connectivity index (χ0) is 17.3. The Balaban J connectivity index is 0.000000626. The molecule has 1 saturated heterocycles. The van der Waals surface area contributed by atoms with Crippen LogP contribution in [0.15, 0.2) is 0 Å². The number of nitrogens with two attached hydrogens (primary N) is 1. The molecule has 9 heteroatoms. The maximum absolute atomic E-state index is 11.7. The van der Waals surface area contributed by atoms with E-state index in [2.05, 4.69) is 4.90 Å². The SMILES string of the molecule is CC(C)(C)OC(=O)N1CCN(CCN)CC1.O=C(O)C(=O)O. The summed E-state index contributed by atoms with van der Waals surface area (Å²) in [6.07, 6.45) is -0.208. The Labute approximate surface area is 129 Å². The van der Waals surface area contributed by atoms with Crippen LogP contribution in [0.25, 0.3) is 0 Å². The predicted molar refractivity (Wildman–Crippen MR) is 78.6 cm³/mol. The average Bonchev–Trinajstić information content (AvgIpc) is 2.38. The topological polar surface area (TPSA) is 133 Å². The maximum atomic E-state index is 11.7. The Morgan fingerprint density at radius 1 is 1.05 bits per heavy atom. The van der Waals surface area contributed by atoms with E-state index in [-0.39, 0.29) is 6.09 Å². The van der Waals surface area contributed by atoms with E-state index in [1.54, 1.807) is 4.90 Å². The molecule has 0 aromatic heterocycles. The van der Waals surface area contributed by atoms with Crippen molar-refractivity contribution in [2.24, 2.45) is 5.73 Å². The fraction of sp³-hybridized carbons (Fsp3) is 0.769. The van der Waals surface area contributed by atoms with Crippen LogP contribution in [-0.2, 0) is 14.3 Å². The first-order valence-electron chi connectivity index (χ1n) is 6.93. The molecular weight excluding hydrogens is 294 g/mol. The van der Waals surface area contributed by atoms with Gasteiger partial charge in [-0.25, -0.2) is 14.4 Å². The van der Waals surface area contributed by atoms with Gasteiger partial charge in [-0.1, -0.05) is 0 Å². The van der Waals surface area contributed by atoms with Gasteiger partial charge in [-0.15, -0.1) is 0 Å². The van der Waals surface area contributed by atoms with Crippen LogP contribution < -0.4 is 5.73 Å². The van der Waals surface area contributed by atoms with Crippen LogP contribution in [0.4, 0.5) is 4.79 Å². The molecule has 0 spiro atoms. The van der Waals surface area contributed by atoms with Crippen LogP contribution >= 0.6 is 0 Å². The molecule has 0 aromatic rings. The van der Waals surface area contributed by atoms with Crippen molar-refractivity contribution in [3.8, 4) is 0 Å². The number of amides is 1. The molecular formula is C13H25N3O6. The molecule has 1 heterocycles. The van der Waals surface area contributed by atoms with Crippen LogP contribution in [-0.4, -0.2) is 82.9 Å². The zero-order valence-electron chi connectivity index (χ0n) is 13.2. The molecule has 0 aromatic carbocycles. The lowest BCUT2D eigenvalue weighted by molar-refractivity contribution is -0.159. The molecule has 128 valence electrons. The van der Waals surface area contributed by atoms with Crippen molar-refractivity contribution in [3.05, 3.63) is 0 Å². The first-order valence-corrected chi connectivity index (χ1v) is 6.93. The number of carbonyl (C=O) groups is 3. The molecule has 4 N–H and O–H groups in total. The molecule has 0 atom stereocenters. The first kappa shape index (κ1) is 20.1. The molecule has 9 nitrogen and oxygen atoms in total. The fourth-order valence-corrected chi connectivity index (χ4v) is 1.66. The van der Waals surface area contributed by atoms with Crippen LogP contribution in [0.2, 0.25) is 0 Å². The summed E-state index contributed by atoms with van der Waals surface area (Å²) in [5, 5.41) is 14.8.